The normalized spacial score (nSPS) is 14.4. The van der Waals surface area contributed by atoms with Crippen molar-refractivity contribution in [2.75, 3.05) is 74.3 Å². The molecular formula is C28H35N7O4S. The second-order valence-corrected chi connectivity index (χ2v) is 11.9. The molecule has 0 aliphatic carbocycles. The molecule has 40 heavy (non-hydrogen) atoms. The van der Waals surface area contributed by atoms with Gasteiger partial charge in [0.05, 0.1) is 37.9 Å². The summed E-state index contributed by atoms with van der Waals surface area (Å²) in [5, 5.41) is 13.4. The van der Waals surface area contributed by atoms with Crippen LogP contribution in [0.5, 0.6) is 5.75 Å². The molecule has 1 fully saturated rings. The third kappa shape index (κ3) is 5.98. The van der Waals surface area contributed by atoms with Gasteiger partial charge < -0.3 is 24.6 Å². The van der Waals surface area contributed by atoms with Crippen molar-refractivity contribution in [3.8, 4) is 5.75 Å². The molecule has 0 amide bonds. The van der Waals surface area contributed by atoms with Gasteiger partial charge in [-0.1, -0.05) is 18.2 Å². The number of piperazine rings is 1. The molecule has 2 aromatic heterocycles. The number of aromatic nitrogens is 3. The number of β-amino-alcohol motifs (C(OH)–C–C–N with tert-alkyl or cyclic N) is 1. The van der Waals surface area contributed by atoms with E-state index in [1.54, 1.807) is 26.4 Å². The molecule has 0 spiro atoms. The number of benzene rings is 2. The Morgan fingerprint density at radius 1 is 1.10 bits per heavy atom. The van der Waals surface area contributed by atoms with Crippen molar-refractivity contribution in [3.05, 3.63) is 66.5 Å². The van der Waals surface area contributed by atoms with Gasteiger partial charge in [0.2, 0.25) is 16.0 Å². The van der Waals surface area contributed by atoms with E-state index in [1.165, 1.54) is 10.6 Å². The van der Waals surface area contributed by atoms with Crippen LogP contribution in [0, 0.1) is 0 Å². The summed E-state index contributed by atoms with van der Waals surface area (Å²) < 4.78 is 33.4. The van der Waals surface area contributed by atoms with Crippen LogP contribution in [0.1, 0.15) is 5.56 Å². The summed E-state index contributed by atoms with van der Waals surface area (Å²) in [6.45, 7) is 4.84. The number of nitrogens with zero attached hydrogens (tertiary/aromatic N) is 6. The van der Waals surface area contributed by atoms with Crippen molar-refractivity contribution in [1.29, 1.82) is 0 Å². The molecule has 2 aromatic carbocycles. The van der Waals surface area contributed by atoms with Crippen LogP contribution in [0.2, 0.25) is 0 Å². The fourth-order valence-electron chi connectivity index (χ4n) is 4.97. The predicted octanol–water partition coefficient (Wildman–Crippen LogP) is 2.74. The highest BCUT2D eigenvalue weighted by molar-refractivity contribution is 7.92. The van der Waals surface area contributed by atoms with E-state index in [1.807, 2.05) is 53.2 Å². The molecule has 1 aliphatic heterocycles. The lowest BCUT2D eigenvalue weighted by Gasteiger charge is -2.36. The lowest BCUT2D eigenvalue weighted by molar-refractivity contribution is 0.188. The highest BCUT2D eigenvalue weighted by atomic mass is 32.2. The number of rotatable bonds is 10. The van der Waals surface area contributed by atoms with E-state index in [9.17, 15) is 13.5 Å². The van der Waals surface area contributed by atoms with E-state index < -0.39 is 10.0 Å². The lowest BCUT2D eigenvalue weighted by Crippen LogP contribution is -2.47. The molecule has 12 heteroatoms. The summed E-state index contributed by atoms with van der Waals surface area (Å²) in [7, 11) is -0.174. The largest absolute Gasteiger partial charge is 0.495 e. The molecule has 0 radical (unpaired) electrons. The first kappa shape index (κ1) is 27.7. The standard InChI is InChI=1S/C28H35N7O4S/c1-32(40(3,37)38)24-7-5-4-6-22(24)20-35-11-10-21-19-29-28(31-27(21)35)30-23-8-9-25(26(18-23)39-2)34-14-12-33(13-15-34)16-17-36/h4-11,18-19,36H,12-17,20H2,1-3H3,(H,29,30,31). The van der Waals surface area contributed by atoms with E-state index in [0.717, 1.165) is 59.9 Å². The Bertz CT molecular complexity index is 1580. The summed E-state index contributed by atoms with van der Waals surface area (Å²) in [6, 6.07) is 15.4. The first-order chi connectivity index (χ1) is 19.3. The van der Waals surface area contributed by atoms with Gasteiger partial charge in [0, 0.05) is 69.3 Å². The van der Waals surface area contributed by atoms with Crippen LogP contribution in [-0.2, 0) is 16.6 Å². The van der Waals surface area contributed by atoms with Gasteiger partial charge >= 0.3 is 0 Å². The zero-order chi connectivity index (χ0) is 28.3. The van der Waals surface area contributed by atoms with Crippen LogP contribution in [0.3, 0.4) is 0 Å². The van der Waals surface area contributed by atoms with Crippen molar-refractivity contribution in [2.24, 2.45) is 0 Å². The highest BCUT2D eigenvalue weighted by Gasteiger charge is 2.20. The summed E-state index contributed by atoms with van der Waals surface area (Å²) >= 11 is 0. The van der Waals surface area contributed by atoms with Gasteiger partial charge in [-0.05, 0) is 29.8 Å². The molecule has 2 N–H and O–H groups in total. The van der Waals surface area contributed by atoms with Crippen LogP contribution < -0.4 is 19.3 Å². The van der Waals surface area contributed by atoms with Gasteiger partial charge in [0.25, 0.3) is 0 Å². The van der Waals surface area contributed by atoms with Crippen molar-refractivity contribution < 1.29 is 18.3 Å². The Morgan fingerprint density at radius 2 is 1.88 bits per heavy atom. The van der Waals surface area contributed by atoms with Crippen LogP contribution >= 0.6 is 0 Å². The molecule has 0 atom stereocenters. The number of ether oxygens (including phenoxy) is 1. The molecule has 11 nitrogen and oxygen atoms in total. The number of anilines is 4. The Morgan fingerprint density at radius 3 is 2.60 bits per heavy atom. The fourth-order valence-corrected chi connectivity index (χ4v) is 5.51. The minimum absolute atomic E-state index is 0.177. The van der Waals surface area contributed by atoms with Gasteiger partial charge in [-0.3, -0.25) is 9.21 Å². The summed E-state index contributed by atoms with van der Waals surface area (Å²) in [5.74, 6) is 1.21. The molecular weight excluding hydrogens is 530 g/mol. The minimum Gasteiger partial charge on any atom is -0.495 e. The second kappa shape index (κ2) is 11.7. The number of sulfonamides is 1. The van der Waals surface area contributed by atoms with Crippen LogP contribution in [-0.4, -0.2) is 92.7 Å². The van der Waals surface area contributed by atoms with Crippen LogP contribution in [0.4, 0.5) is 23.0 Å². The number of nitrogens with one attached hydrogen (secondary N) is 1. The van der Waals surface area contributed by atoms with Gasteiger partial charge in [-0.25, -0.2) is 13.4 Å². The number of para-hydroxylation sites is 1. The Kier molecular flexibility index (Phi) is 8.10. The van der Waals surface area contributed by atoms with E-state index in [4.69, 9.17) is 9.72 Å². The van der Waals surface area contributed by atoms with E-state index >= 15 is 0 Å². The maximum Gasteiger partial charge on any atom is 0.232 e. The molecule has 0 saturated carbocycles. The zero-order valence-electron chi connectivity index (χ0n) is 23.0. The van der Waals surface area contributed by atoms with Crippen molar-refractivity contribution in [1.82, 2.24) is 19.4 Å². The summed E-state index contributed by atoms with van der Waals surface area (Å²) in [4.78, 5) is 13.8. The number of aliphatic hydroxyl groups is 1. The van der Waals surface area contributed by atoms with E-state index in [0.29, 0.717) is 24.7 Å². The van der Waals surface area contributed by atoms with Gasteiger partial charge in [0.15, 0.2) is 0 Å². The topological polar surface area (TPSA) is 116 Å². The molecule has 4 aromatic rings. The molecule has 0 unspecified atom stereocenters. The Balaban J connectivity index is 1.36. The third-order valence-electron chi connectivity index (χ3n) is 7.24. The Hall–Kier alpha value is -3.87. The zero-order valence-corrected chi connectivity index (χ0v) is 23.8. The van der Waals surface area contributed by atoms with Gasteiger partial charge in [-0.2, -0.15) is 4.98 Å². The molecule has 1 saturated heterocycles. The average molecular weight is 566 g/mol. The molecule has 3 heterocycles. The smallest absolute Gasteiger partial charge is 0.232 e. The predicted molar refractivity (Wildman–Crippen MR) is 158 cm³/mol. The van der Waals surface area contributed by atoms with Crippen molar-refractivity contribution >= 4 is 44.1 Å². The van der Waals surface area contributed by atoms with E-state index in [2.05, 4.69) is 20.1 Å². The first-order valence-corrected chi connectivity index (χ1v) is 15.0. The van der Waals surface area contributed by atoms with Crippen LogP contribution in [0.25, 0.3) is 11.0 Å². The first-order valence-electron chi connectivity index (χ1n) is 13.1. The number of fused-ring (bicyclic) bond motifs is 1. The summed E-state index contributed by atoms with van der Waals surface area (Å²) in [5.41, 5.74) is 4.05. The van der Waals surface area contributed by atoms with E-state index in [-0.39, 0.29) is 6.61 Å². The highest BCUT2D eigenvalue weighted by Crippen LogP contribution is 2.33. The summed E-state index contributed by atoms with van der Waals surface area (Å²) in [6.07, 6.45) is 4.90. The van der Waals surface area contributed by atoms with Crippen LogP contribution in [0.15, 0.2) is 60.9 Å². The number of hydrogen-bond donors (Lipinski definition) is 2. The second-order valence-electron chi connectivity index (χ2n) is 9.84. The molecule has 1 aliphatic rings. The Labute approximate surface area is 234 Å². The molecule has 0 bridgehead atoms. The molecule has 212 valence electrons. The van der Waals surface area contributed by atoms with Crippen molar-refractivity contribution in [3.63, 3.8) is 0 Å². The van der Waals surface area contributed by atoms with Crippen molar-refractivity contribution in [2.45, 2.75) is 6.54 Å². The molecule has 5 rings (SSSR count). The maximum atomic E-state index is 12.2. The SMILES string of the molecule is COc1cc(Nc2ncc3ccn(Cc4ccccc4N(C)S(C)(=O)=O)c3n2)ccc1N1CCN(CCO)CC1. The van der Waals surface area contributed by atoms with Gasteiger partial charge in [0.1, 0.15) is 11.4 Å². The number of hydrogen-bond acceptors (Lipinski definition) is 9. The quantitative estimate of drug-likeness (QED) is 0.299. The fraction of sp³-hybridized carbons (Fsp3) is 0.357. The maximum absolute atomic E-state index is 12.2. The van der Waals surface area contributed by atoms with Gasteiger partial charge in [-0.15, -0.1) is 0 Å². The number of methoxy groups -OCH3 is 1. The third-order valence-corrected chi connectivity index (χ3v) is 8.43. The average Bonchev–Trinajstić information content (AvgIpc) is 3.35. The number of aliphatic hydroxyl groups excluding tert-OH is 1. The monoisotopic (exact) mass is 565 g/mol. The minimum atomic E-state index is -3.40. The lowest BCUT2D eigenvalue weighted by atomic mass is 10.2.